The Morgan fingerprint density at radius 3 is 3.00 bits per heavy atom. The average Bonchev–Trinajstić information content (AvgIpc) is 2.86. The fraction of sp³-hybridized carbons (Fsp3) is 0.375. The van der Waals surface area contributed by atoms with Gasteiger partial charge < -0.3 is 15.0 Å². The second-order valence-corrected chi connectivity index (χ2v) is 5.57. The SMILES string of the molecule is Cc1n[nH]c(C)c1[C@@H]1COCCN1C(=O)Nc1cccc(F)c1. The van der Waals surface area contributed by atoms with Crippen LogP contribution in [0.25, 0.3) is 0 Å². The van der Waals surface area contributed by atoms with Gasteiger partial charge in [-0.15, -0.1) is 0 Å². The molecule has 1 aliphatic heterocycles. The molecule has 0 bridgehead atoms. The number of carbonyl (C=O) groups excluding carboxylic acids is 1. The third-order valence-electron chi connectivity index (χ3n) is 3.98. The molecule has 122 valence electrons. The van der Waals surface area contributed by atoms with Crippen LogP contribution >= 0.6 is 0 Å². The van der Waals surface area contributed by atoms with Gasteiger partial charge in [0.1, 0.15) is 5.82 Å². The van der Waals surface area contributed by atoms with Crippen molar-refractivity contribution in [1.82, 2.24) is 15.1 Å². The maximum atomic E-state index is 13.3. The van der Waals surface area contributed by atoms with Gasteiger partial charge in [-0.25, -0.2) is 9.18 Å². The third kappa shape index (κ3) is 3.19. The predicted molar refractivity (Wildman–Crippen MR) is 83.7 cm³/mol. The average molecular weight is 318 g/mol. The summed E-state index contributed by atoms with van der Waals surface area (Å²) in [6.07, 6.45) is 0. The lowest BCUT2D eigenvalue weighted by molar-refractivity contribution is 0.0143. The number of rotatable bonds is 2. The van der Waals surface area contributed by atoms with E-state index in [4.69, 9.17) is 4.74 Å². The van der Waals surface area contributed by atoms with Crippen LogP contribution in [0.2, 0.25) is 0 Å². The molecule has 0 radical (unpaired) electrons. The van der Waals surface area contributed by atoms with Gasteiger partial charge >= 0.3 is 6.03 Å². The van der Waals surface area contributed by atoms with Gasteiger partial charge in [-0.2, -0.15) is 5.10 Å². The van der Waals surface area contributed by atoms with Gasteiger partial charge in [0.2, 0.25) is 0 Å². The summed E-state index contributed by atoms with van der Waals surface area (Å²) in [4.78, 5) is 14.3. The molecule has 6 nitrogen and oxygen atoms in total. The quantitative estimate of drug-likeness (QED) is 0.894. The highest BCUT2D eigenvalue weighted by Gasteiger charge is 2.32. The number of halogens is 1. The normalized spacial score (nSPS) is 18.0. The summed E-state index contributed by atoms with van der Waals surface area (Å²) < 4.78 is 18.8. The predicted octanol–water partition coefficient (Wildman–Crippen LogP) is 2.77. The number of aromatic amines is 1. The Hall–Kier alpha value is -2.41. The van der Waals surface area contributed by atoms with Crippen LogP contribution in [0.15, 0.2) is 24.3 Å². The largest absolute Gasteiger partial charge is 0.377 e. The molecular weight excluding hydrogens is 299 g/mol. The van der Waals surface area contributed by atoms with Crippen molar-refractivity contribution in [2.24, 2.45) is 0 Å². The fourth-order valence-corrected chi connectivity index (χ4v) is 2.90. The minimum absolute atomic E-state index is 0.212. The van der Waals surface area contributed by atoms with Crippen molar-refractivity contribution in [3.05, 3.63) is 47.0 Å². The van der Waals surface area contributed by atoms with E-state index in [1.165, 1.54) is 12.1 Å². The van der Waals surface area contributed by atoms with Crippen molar-refractivity contribution in [3.8, 4) is 0 Å². The van der Waals surface area contributed by atoms with Crippen LogP contribution in [0.1, 0.15) is 23.0 Å². The molecule has 0 saturated carbocycles. The van der Waals surface area contributed by atoms with E-state index in [0.717, 1.165) is 17.0 Å². The van der Waals surface area contributed by atoms with Crippen LogP contribution in [-0.2, 0) is 4.74 Å². The first-order valence-electron chi connectivity index (χ1n) is 7.48. The summed E-state index contributed by atoms with van der Waals surface area (Å²) in [7, 11) is 0. The molecule has 1 aliphatic rings. The van der Waals surface area contributed by atoms with Crippen molar-refractivity contribution in [1.29, 1.82) is 0 Å². The van der Waals surface area contributed by atoms with Crippen LogP contribution in [0.4, 0.5) is 14.9 Å². The maximum Gasteiger partial charge on any atom is 0.322 e. The van der Waals surface area contributed by atoms with E-state index in [9.17, 15) is 9.18 Å². The summed E-state index contributed by atoms with van der Waals surface area (Å²) in [5.41, 5.74) is 3.17. The number of anilines is 1. The Morgan fingerprint density at radius 1 is 1.48 bits per heavy atom. The zero-order valence-electron chi connectivity index (χ0n) is 13.1. The van der Waals surface area contributed by atoms with Gasteiger partial charge in [-0.3, -0.25) is 5.10 Å². The standard InChI is InChI=1S/C16H19FN4O2/c1-10-15(11(2)20-19-10)14-9-23-7-6-21(14)16(22)18-13-5-3-4-12(17)8-13/h3-5,8,14H,6-7,9H2,1-2H3,(H,18,22)(H,19,20)/t14-/m0/s1. The third-order valence-corrected chi connectivity index (χ3v) is 3.98. The molecule has 1 atom stereocenters. The van der Waals surface area contributed by atoms with Crippen LogP contribution in [-0.4, -0.2) is 40.9 Å². The molecule has 1 aromatic carbocycles. The number of amides is 2. The second-order valence-electron chi connectivity index (χ2n) is 5.57. The van der Waals surface area contributed by atoms with E-state index in [1.54, 1.807) is 17.0 Å². The Bertz CT molecular complexity index is 696. The summed E-state index contributed by atoms with van der Waals surface area (Å²) in [6.45, 7) is 5.18. The second kappa shape index (κ2) is 6.37. The minimum Gasteiger partial charge on any atom is -0.377 e. The van der Waals surface area contributed by atoms with Crippen LogP contribution in [0.5, 0.6) is 0 Å². The monoisotopic (exact) mass is 318 g/mol. The zero-order chi connectivity index (χ0) is 16.4. The Balaban J connectivity index is 1.82. The van der Waals surface area contributed by atoms with Gasteiger partial charge in [0, 0.05) is 23.5 Å². The van der Waals surface area contributed by atoms with Crippen molar-refractivity contribution < 1.29 is 13.9 Å². The van der Waals surface area contributed by atoms with E-state index < -0.39 is 0 Å². The van der Waals surface area contributed by atoms with Crippen molar-refractivity contribution in [2.75, 3.05) is 25.1 Å². The first kappa shape index (κ1) is 15.5. The fourth-order valence-electron chi connectivity index (χ4n) is 2.90. The van der Waals surface area contributed by atoms with Crippen molar-refractivity contribution in [2.45, 2.75) is 19.9 Å². The number of aryl methyl sites for hydroxylation is 2. The van der Waals surface area contributed by atoms with Gasteiger partial charge in [0.15, 0.2) is 0 Å². The number of nitrogens with one attached hydrogen (secondary N) is 2. The summed E-state index contributed by atoms with van der Waals surface area (Å²) >= 11 is 0. The molecule has 2 heterocycles. The van der Waals surface area contributed by atoms with E-state index in [1.807, 2.05) is 13.8 Å². The van der Waals surface area contributed by atoms with Crippen LogP contribution < -0.4 is 5.32 Å². The molecule has 0 aliphatic carbocycles. The van der Waals surface area contributed by atoms with E-state index in [2.05, 4.69) is 15.5 Å². The molecule has 0 unspecified atom stereocenters. The molecule has 2 amide bonds. The van der Waals surface area contributed by atoms with Gasteiger partial charge in [-0.05, 0) is 32.0 Å². The number of ether oxygens (including phenoxy) is 1. The van der Waals surface area contributed by atoms with Crippen molar-refractivity contribution >= 4 is 11.7 Å². The lowest BCUT2D eigenvalue weighted by Gasteiger charge is -2.35. The van der Waals surface area contributed by atoms with E-state index in [0.29, 0.717) is 25.4 Å². The molecule has 2 N–H and O–H groups in total. The number of H-pyrrole nitrogens is 1. The van der Waals surface area contributed by atoms with E-state index in [-0.39, 0.29) is 17.9 Å². The maximum absolute atomic E-state index is 13.3. The Morgan fingerprint density at radius 2 is 2.30 bits per heavy atom. The molecule has 1 fully saturated rings. The number of urea groups is 1. The number of aromatic nitrogens is 2. The van der Waals surface area contributed by atoms with Crippen LogP contribution in [0, 0.1) is 19.7 Å². The minimum atomic E-state index is -0.386. The smallest absolute Gasteiger partial charge is 0.322 e. The zero-order valence-corrected chi connectivity index (χ0v) is 13.1. The highest BCUT2D eigenvalue weighted by Crippen LogP contribution is 2.28. The summed E-state index contributed by atoms with van der Waals surface area (Å²) in [5.74, 6) is -0.386. The lowest BCUT2D eigenvalue weighted by atomic mass is 10.0. The Labute approximate surface area is 133 Å². The van der Waals surface area contributed by atoms with Crippen LogP contribution in [0.3, 0.4) is 0 Å². The molecule has 1 aromatic heterocycles. The van der Waals surface area contributed by atoms with E-state index >= 15 is 0 Å². The molecule has 3 rings (SSSR count). The number of hydrogen-bond acceptors (Lipinski definition) is 3. The molecule has 23 heavy (non-hydrogen) atoms. The highest BCUT2D eigenvalue weighted by molar-refractivity contribution is 5.89. The Kier molecular flexibility index (Phi) is 4.29. The molecule has 7 heteroatoms. The number of hydrogen-bond donors (Lipinski definition) is 2. The number of benzene rings is 1. The van der Waals surface area contributed by atoms with Gasteiger partial charge in [0.05, 0.1) is 24.9 Å². The topological polar surface area (TPSA) is 70.2 Å². The lowest BCUT2D eigenvalue weighted by Crippen LogP contribution is -2.45. The summed E-state index contributed by atoms with van der Waals surface area (Å²) in [6, 6.07) is 5.37. The molecule has 2 aromatic rings. The first-order valence-corrected chi connectivity index (χ1v) is 7.48. The number of carbonyl (C=O) groups is 1. The molecular formula is C16H19FN4O2. The van der Waals surface area contributed by atoms with Gasteiger partial charge in [-0.1, -0.05) is 6.07 Å². The number of morpholine rings is 1. The van der Waals surface area contributed by atoms with Crippen molar-refractivity contribution in [3.63, 3.8) is 0 Å². The highest BCUT2D eigenvalue weighted by atomic mass is 19.1. The summed E-state index contributed by atoms with van der Waals surface area (Å²) in [5, 5.41) is 9.87. The van der Waals surface area contributed by atoms with Gasteiger partial charge in [0.25, 0.3) is 0 Å². The molecule has 0 spiro atoms. The first-order chi connectivity index (χ1) is 11.1. The molecule has 1 saturated heterocycles. The number of nitrogens with zero attached hydrogens (tertiary/aromatic N) is 2.